The first kappa shape index (κ1) is 24.6. The lowest BCUT2D eigenvalue weighted by molar-refractivity contribution is -0.139. The molecule has 162 valence electrons. The minimum Gasteiger partial charge on any atom is -0.352 e. The number of amides is 2. The molecule has 0 aliphatic carbocycles. The highest BCUT2D eigenvalue weighted by molar-refractivity contribution is 8.00. The number of carbonyl (C=O) groups is 2. The average molecular weight is 467 g/mol. The Hall–Kier alpha value is -1.69. The van der Waals surface area contributed by atoms with Crippen molar-refractivity contribution in [3.8, 4) is 0 Å². The monoisotopic (exact) mass is 466 g/mol. The molecule has 30 heavy (non-hydrogen) atoms. The number of hydrogen-bond acceptors (Lipinski definition) is 3. The largest absolute Gasteiger partial charge is 0.352 e. The molecule has 2 amide bonds. The number of nitrogens with zero attached hydrogens (tertiary/aromatic N) is 1. The molecule has 2 rings (SSSR count). The number of aryl methyl sites for hydroxylation is 1. The Labute approximate surface area is 193 Å². The van der Waals surface area contributed by atoms with Gasteiger partial charge in [0.15, 0.2) is 0 Å². The van der Waals surface area contributed by atoms with Gasteiger partial charge in [-0.1, -0.05) is 53.9 Å². The second kappa shape index (κ2) is 11.6. The van der Waals surface area contributed by atoms with Crippen LogP contribution in [-0.2, 0) is 16.1 Å². The van der Waals surface area contributed by atoms with Crippen molar-refractivity contribution in [3.63, 3.8) is 0 Å². The molecule has 0 saturated carbocycles. The summed E-state index contributed by atoms with van der Waals surface area (Å²) < 4.78 is 0. The lowest BCUT2D eigenvalue weighted by Crippen LogP contribution is -2.51. The predicted octanol–water partition coefficient (Wildman–Crippen LogP) is 5.73. The molecule has 0 unspecified atom stereocenters. The Bertz CT molecular complexity index is 872. The number of nitrogens with one attached hydrogen (secondary N) is 1. The number of halogens is 2. The Morgan fingerprint density at radius 3 is 2.33 bits per heavy atom. The molecule has 0 aromatic heterocycles. The third-order valence-electron chi connectivity index (χ3n) is 4.56. The first-order valence-corrected chi connectivity index (χ1v) is 11.7. The van der Waals surface area contributed by atoms with Gasteiger partial charge in [-0.2, -0.15) is 0 Å². The van der Waals surface area contributed by atoms with Crippen molar-refractivity contribution in [1.29, 1.82) is 0 Å². The minimum atomic E-state index is -0.578. The summed E-state index contributed by atoms with van der Waals surface area (Å²) in [5.74, 6) is -0.0386. The summed E-state index contributed by atoms with van der Waals surface area (Å²) in [6, 6.07) is 12.6. The smallest absolute Gasteiger partial charge is 0.243 e. The lowest BCUT2D eigenvalue weighted by atomic mass is 10.1. The van der Waals surface area contributed by atoms with Crippen LogP contribution in [0.5, 0.6) is 0 Å². The van der Waals surface area contributed by atoms with Crippen LogP contribution >= 0.6 is 35.0 Å². The number of carbonyl (C=O) groups excluding carboxylic acids is 2. The van der Waals surface area contributed by atoms with Gasteiger partial charge < -0.3 is 10.2 Å². The topological polar surface area (TPSA) is 49.4 Å². The van der Waals surface area contributed by atoms with Crippen LogP contribution in [0, 0.1) is 6.92 Å². The fourth-order valence-corrected chi connectivity index (χ4v) is 4.25. The number of thioether (sulfide) groups is 1. The molecule has 1 atom stereocenters. The van der Waals surface area contributed by atoms with Crippen molar-refractivity contribution < 1.29 is 9.59 Å². The zero-order valence-electron chi connectivity index (χ0n) is 17.7. The second-order valence-corrected chi connectivity index (χ2v) is 9.34. The molecule has 0 heterocycles. The summed E-state index contributed by atoms with van der Waals surface area (Å²) in [7, 11) is 0. The summed E-state index contributed by atoms with van der Waals surface area (Å²) in [5.41, 5.74) is 1.92. The molecule has 2 aromatic rings. The van der Waals surface area contributed by atoms with E-state index in [9.17, 15) is 9.59 Å². The molecule has 7 heteroatoms. The average Bonchev–Trinajstić information content (AvgIpc) is 2.68. The van der Waals surface area contributed by atoms with Gasteiger partial charge in [0, 0.05) is 27.5 Å². The second-order valence-electron chi connectivity index (χ2n) is 7.45. The van der Waals surface area contributed by atoms with Gasteiger partial charge in [-0.05, 0) is 57.0 Å². The van der Waals surface area contributed by atoms with Crippen molar-refractivity contribution in [1.82, 2.24) is 10.2 Å². The van der Waals surface area contributed by atoms with Crippen LogP contribution in [0.4, 0.5) is 0 Å². The van der Waals surface area contributed by atoms with Crippen molar-refractivity contribution in [2.75, 3.05) is 5.75 Å². The third kappa shape index (κ3) is 7.22. The molecule has 1 N–H and O–H groups in total. The number of hydrogen-bond donors (Lipinski definition) is 1. The van der Waals surface area contributed by atoms with E-state index in [2.05, 4.69) is 5.32 Å². The SMILES string of the molecule is CC[C@H](C(=O)NC(C)C)N(Cc1ccc(Cl)cc1Cl)C(=O)CSc1ccc(C)cc1. The highest BCUT2D eigenvalue weighted by atomic mass is 35.5. The highest BCUT2D eigenvalue weighted by Crippen LogP contribution is 2.25. The van der Waals surface area contributed by atoms with Gasteiger partial charge in [0.05, 0.1) is 5.75 Å². The Morgan fingerprint density at radius 1 is 1.10 bits per heavy atom. The van der Waals surface area contributed by atoms with Crippen molar-refractivity contribution in [3.05, 3.63) is 63.6 Å². The molecule has 2 aromatic carbocycles. The molecule has 0 spiro atoms. The predicted molar refractivity (Wildman–Crippen MR) is 126 cm³/mol. The maximum atomic E-state index is 13.2. The third-order valence-corrected chi connectivity index (χ3v) is 6.14. The van der Waals surface area contributed by atoms with E-state index in [0.717, 1.165) is 10.5 Å². The van der Waals surface area contributed by atoms with E-state index in [0.29, 0.717) is 16.5 Å². The molecule has 0 aliphatic heterocycles. The summed E-state index contributed by atoms with van der Waals surface area (Å²) in [4.78, 5) is 28.6. The van der Waals surface area contributed by atoms with Crippen LogP contribution < -0.4 is 5.32 Å². The van der Waals surface area contributed by atoms with E-state index in [1.165, 1.54) is 17.3 Å². The Balaban J connectivity index is 2.24. The van der Waals surface area contributed by atoms with E-state index in [4.69, 9.17) is 23.2 Å². The van der Waals surface area contributed by atoms with Crippen molar-refractivity contribution in [2.24, 2.45) is 0 Å². The molecule has 0 bridgehead atoms. The highest BCUT2D eigenvalue weighted by Gasteiger charge is 2.29. The van der Waals surface area contributed by atoms with Crippen LogP contribution in [0.15, 0.2) is 47.4 Å². The first-order chi connectivity index (χ1) is 14.2. The zero-order chi connectivity index (χ0) is 22.3. The lowest BCUT2D eigenvalue weighted by Gasteiger charge is -2.31. The molecular formula is C23H28Cl2N2O2S. The van der Waals surface area contributed by atoms with Gasteiger partial charge in [0.25, 0.3) is 0 Å². The maximum Gasteiger partial charge on any atom is 0.243 e. The van der Waals surface area contributed by atoms with E-state index in [-0.39, 0.29) is 30.2 Å². The Kier molecular flexibility index (Phi) is 9.53. The summed E-state index contributed by atoms with van der Waals surface area (Å²) in [6.45, 7) is 7.98. The molecule has 4 nitrogen and oxygen atoms in total. The van der Waals surface area contributed by atoms with E-state index in [1.807, 2.05) is 52.0 Å². The van der Waals surface area contributed by atoms with E-state index >= 15 is 0 Å². The van der Waals surface area contributed by atoms with Crippen LogP contribution in [0.3, 0.4) is 0 Å². The number of benzene rings is 2. The molecule has 0 fully saturated rings. The van der Waals surface area contributed by atoms with Gasteiger partial charge in [-0.15, -0.1) is 11.8 Å². The van der Waals surface area contributed by atoms with Crippen molar-refractivity contribution in [2.45, 2.75) is 57.6 Å². The van der Waals surface area contributed by atoms with Gasteiger partial charge >= 0.3 is 0 Å². The fourth-order valence-electron chi connectivity index (χ4n) is 3.00. The molecule has 0 saturated heterocycles. The van der Waals surface area contributed by atoms with Gasteiger partial charge in [-0.3, -0.25) is 9.59 Å². The van der Waals surface area contributed by atoms with E-state index < -0.39 is 6.04 Å². The molecule has 0 aliphatic rings. The van der Waals surface area contributed by atoms with Crippen molar-refractivity contribution >= 4 is 46.8 Å². The van der Waals surface area contributed by atoms with Gasteiger partial charge in [-0.25, -0.2) is 0 Å². The first-order valence-electron chi connectivity index (χ1n) is 9.94. The Morgan fingerprint density at radius 2 is 1.77 bits per heavy atom. The summed E-state index contributed by atoms with van der Waals surface area (Å²) >= 11 is 13.8. The summed E-state index contributed by atoms with van der Waals surface area (Å²) in [6.07, 6.45) is 0.505. The minimum absolute atomic E-state index is 0.00967. The number of rotatable bonds is 9. The standard InChI is InChI=1S/C23H28Cl2N2O2S/c1-5-21(23(29)26-15(2)3)27(13-17-8-9-18(24)12-20(17)25)22(28)14-30-19-10-6-16(4)7-11-19/h6-12,15,21H,5,13-14H2,1-4H3,(H,26,29)/t21-/m1/s1. The van der Waals surface area contributed by atoms with Crippen LogP contribution in [0.1, 0.15) is 38.3 Å². The normalized spacial score (nSPS) is 12.0. The van der Waals surface area contributed by atoms with Gasteiger partial charge in [0.1, 0.15) is 6.04 Å². The van der Waals surface area contributed by atoms with Crippen LogP contribution in [0.2, 0.25) is 10.0 Å². The summed E-state index contributed by atoms with van der Waals surface area (Å²) in [5, 5.41) is 3.93. The maximum absolute atomic E-state index is 13.2. The zero-order valence-corrected chi connectivity index (χ0v) is 20.1. The van der Waals surface area contributed by atoms with Crippen LogP contribution in [-0.4, -0.2) is 34.6 Å². The quantitative estimate of drug-likeness (QED) is 0.480. The van der Waals surface area contributed by atoms with E-state index in [1.54, 1.807) is 23.1 Å². The fraction of sp³-hybridized carbons (Fsp3) is 0.391. The van der Waals surface area contributed by atoms with Crippen LogP contribution in [0.25, 0.3) is 0 Å². The molecule has 0 radical (unpaired) electrons. The van der Waals surface area contributed by atoms with Gasteiger partial charge in [0.2, 0.25) is 11.8 Å². The molecular weight excluding hydrogens is 439 g/mol.